The average Bonchev–Trinajstić information content (AvgIpc) is 3.34. The van der Waals surface area contributed by atoms with Crippen molar-refractivity contribution in [1.29, 1.82) is 0 Å². The first-order valence-corrected chi connectivity index (χ1v) is 11.4. The maximum absolute atomic E-state index is 12.7. The van der Waals surface area contributed by atoms with Gasteiger partial charge in [-0.3, -0.25) is 19.9 Å². The minimum Gasteiger partial charge on any atom is -0.489 e. The average molecular weight is 459 g/mol. The van der Waals surface area contributed by atoms with Gasteiger partial charge in [-0.25, -0.2) is 4.79 Å². The molecule has 1 aliphatic carbocycles. The molecule has 34 heavy (non-hydrogen) atoms. The van der Waals surface area contributed by atoms with E-state index in [1.165, 1.54) is 0 Å². The lowest BCUT2D eigenvalue weighted by atomic mass is 9.84. The first-order valence-electron chi connectivity index (χ1n) is 11.4. The molecule has 1 saturated carbocycles. The predicted octanol–water partition coefficient (Wildman–Crippen LogP) is 3.83. The van der Waals surface area contributed by atoms with E-state index in [1.54, 1.807) is 12.1 Å². The van der Waals surface area contributed by atoms with Gasteiger partial charge in [0.1, 0.15) is 17.9 Å². The molecule has 174 valence electrons. The number of benzene rings is 2. The highest BCUT2D eigenvalue weighted by Gasteiger charge is 2.54. The topological polar surface area (TPSA) is 109 Å². The molecule has 1 saturated heterocycles. The molecule has 5 rings (SSSR count). The van der Waals surface area contributed by atoms with Crippen LogP contribution in [0.25, 0.3) is 10.9 Å². The van der Waals surface area contributed by atoms with Crippen LogP contribution in [0.1, 0.15) is 36.9 Å². The number of carbonyl (C=O) groups excluding carboxylic acids is 3. The van der Waals surface area contributed by atoms with Crippen LogP contribution < -0.4 is 20.7 Å². The van der Waals surface area contributed by atoms with E-state index in [4.69, 9.17) is 4.74 Å². The standard InChI is InChI=1S/C26H26N4O4/c1-16-13-17(21-6-2-3-7-22(21)27-16)15-34-20-10-8-19(9-11-20)28-23(31)14-18-5-4-12-26(18)24(32)29-25(33)30-26/h2-3,6-11,13,18H,4-5,12,14-15H2,1H3,(H,28,31)(H2,29,30,32,33)/t18-,26-/m0/s1. The fourth-order valence-corrected chi connectivity index (χ4v) is 5.07. The number of imide groups is 1. The van der Waals surface area contributed by atoms with Crippen molar-refractivity contribution >= 4 is 34.4 Å². The summed E-state index contributed by atoms with van der Waals surface area (Å²) in [6.07, 6.45) is 2.24. The monoisotopic (exact) mass is 458 g/mol. The van der Waals surface area contributed by atoms with Gasteiger partial charge in [0, 0.05) is 28.8 Å². The number of carbonyl (C=O) groups is 3. The molecule has 0 bridgehead atoms. The zero-order valence-electron chi connectivity index (χ0n) is 18.9. The van der Waals surface area contributed by atoms with Crippen LogP contribution in [-0.4, -0.2) is 28.4 Å². The molecule has 3 aromatic rings. The number of anilines is 1. The SMILES string of the molecule is Cc1cc(COc2ccc(NC(=O)C[C@@H]3CCC[C@]34NC(=O)NC4=O)cc2)c2ccccc2n1. The fourth-order valence-electron chi connectivity index (χ4n) is 5.07. The van der Waals surface area contributed by atoms with Crippen LogP contribution in [0, 0.1) is 12.8 Å². The van der Waals surface area contributed by atoms with Crippen molar-refractivity contribution < 1.29 is 19.1 Å². The van der Waals surface area contributed by atoms with E-state index >= 15 is 0 Å². The van der Waals surface area contributed by atoms with E-state index in [1.807, 2.05) is 49.4 Å². The normalized spacial score (nSPS) is 21.5. The Morgan fingerprint density at radius 1 is 1.18 bits per heavy atom. The molecule has 1 aromatic heterocycles. The minimum absolute atomic E-state index is 0.167. The summed E-state index contributed by atoms with van der Waals surface area (Å²) in [6.45, 7) is 2.38. The van der Waals surface area contributed by atoms with E-state index in [-0.39, 0.29) is 24.2 Å². The van der Waals surface area contributed by atoms with Gasteiger partial charge in [-0.05, 0) is 62.1 Å². The molecule has 1 spiro atoms. The predicted molar refractivity (Wildman–Crippen MR) is 127 cm³/mol. The third kappa shape index (κ3) is 4.19. The summed E-state index contributed by atoms with van der Waals surface area (Å²) >= 11 is 0. The summed E-state index contributed by atoms with van der Waals surface area (Å²) < 4.78 is 5.98. The maximum Gasteiger partial charge on any atom is 0.322 e. The number of pyridine rings is 1. The Bertz CT molecular complexity index is 1270. The van der Waals surface area contributed by atoms with E-state index < -0.39 is 11.6 Å². The first-order chi connectivity index (χ1) is 16.4. The molecule has 2 atom stereocenters. The lowest BCUT2D eigenvalue weighted by Gasteiger charge is -2.27. The van der Waals surface area contributed by atoms with Crippen LogP contribution >= 0.6 is 0 Å². The zero-order valence-corrected chi connectivity index (χ0v) is 18.9. The fraction of sp³-hybridized carbons (Fsp3) is 0.308. The van der Waals surface area contributed by atoms with Gasteiger partial charge in [0.25, 0.3) is 5.91 Å². The van der Waals surface area contributed by atoms with Gasteiger partial charge >= 0.3 is 6.03 Å². The number of para-hydroxylation sites is 1. The van der Waals surface area contributed by atoms with E-state index in [2.05, 4.69) is 20.9 Å². The van der Waals surface area contributed by atoms with E-state index in [0.717, 1.165) is 35.0 Å². The second-order valence-corrected chi connectivity index (χ2v) is 8.97. The third-order valence-corrected chi connectivity index (χ3v) is 6.68. The van der Waals surface area contributed by atoms with Crippen molar-refractivity contribution in [3.8, 4) is 5.75 Å². The molecule has 4 amide bonds. The van der Waals surface area contributed by atoms with Gasteiger partial charge in [0.05, 0.1) is 5.52 Å². The van der Waals surface area contributed by atoms with Crippen LogP contribution in [0.2, 0.25) is 0 Å². The molecule has 2 heterocycles. The number of nitrogens with one attached hydrogen (secondary N) is 3. The van der Waals surface area contributed by atoms with Crippen LogP contribution in [0.4, 0.5) is 10.5 Å². The number of aryl methyl sites for hydroxylation is 1. The van der Waals surface area contributed by atoms with Crippen molar-refractivity contribution in [2.75, 3.05) is 5.32 Å². The van der Waals surface area contributed by atoms with Crippen molar-refractivity contribution in [1.82, 2.24) is 15.6 Å². The summed E-state index contributed by atoms with van der Waals surface area (Å²) in [5, 5.41) is 9.01. The third-order valence-electron chi connectivity index (χ3n) is 6.68. The summed E-state index contributed by atoms with van der Waals surface area (Å²) in [5.74, 6) is -0.0454. The number of urea groups is 1. The maximum atomic E-state index is 12.7. The molecule has 3 N–H and O–H groups in total. The number of hydrogen-bond acceptors (Lipinski definition) is 5. The molecule has 1 aliphatic heterocycles. The zero-order chi connectivity index (χ0) is 23.7. The van der Waals surface area contributed by atoms with Crippen molar-refractivity contribution in [3.05, 3.63) is 65.9 Å². The van der Waals surface area contributed by atoms with Crippen molar-refractivity contribution in [2.24, 2.45) is 5.92 Å². The van der Waals surface area contributed by atoms with Gasteiger partial charge in [0.15, 0.2) is 0 Å². The Morgan fingerprint density at radius 3 is 2.74 bits per heavy atom. The number of ether oxygens (including phenoxy) is 1. The van der Waals surface area contributed by atoms with Crippen LogP contribution in [0.15, 0.2) is 54.6 Å². The molecular weight excluding hydrogens is 432 g/mol. The van der Waals surface area contributed by atoms with Crippen molar-refractivity contribution in [3.63, 3.8) is 0 Å². The highest BCUT2D eigenvalue weighted by Crippen LogP contribution is 2.40. The second kappa shape index (κ2) is 8.78. The molecule has 8 nitrogen and oxygen atoms in total. The van der Waals surface area contributed by atoms with Gasteiger partial charge in [-0.2, -0.15) is 0 Å². The van der Waals surface area contributed by atoms with Crippen LogP contribution in [0.3, 0.4) is 0 Å². The molecule has 2 aliphatic rings. The van der Waals surface area contributed by atoms with Gasteiger partial charge in [0.2, 0.25) is 5.91 Å². The highest BCUT2D eigenvalue weighted by atomic mass is 16.5. The Kier molecular flexibility index (Phi) is 5.65. The molecule has 2 aromatic carbocycles. The smallest absolute Gasteiger partial charge is 0.322 e. The molecule has 8 heteroatoms. The second-order valence-electron chi connectivity index (χ2n) is 8.97. The summed E-state index contributed by atoms with van der Waals surface area (Å²) in [6, 6.07) is 16.7. The molecule has 0 radical (unpaired) electrons. The Hall–Kier alpha value is -3.94. The first kappa shape index (κ1) is 21.9. The summed E-state index contributed by atoms with van der Waals surface area (Å²) in [7, 11) is 0. The number of nitrogens with zero attached hydrogens (tertiary/aromatic N) is 1. The molecule has 2 fully saturated rings. The Morgan fingerprint density at radius 2 is 1.97 bits per heavy atom. The number of aromatic nitrogens is 1. The van der Waals surface area contributed by atoms with Crippen LogP contribution in [0.5, 0.6) is 5.75 Å². The number of rotatable bonds is 6. The summed E-state index contributed by atoms with van der Waals surface area (Å²) in [5.41, 5.74) is 2.64. The van der Waals surface area contributed by atoms with Crippen LogP contribution in [-0.2, 0) is 16.2 Å². The van der Waals surface area contributed by atoms with Gasteiger partial charge in [-0.1, -0.05) is 24.6 Å². The number of amides is 4. The quantitative estimate of drug-likeness (QED) is 0.487. The minimum atomic E-state index is -0.957. The number of hydrogen-bond donors (Lipinski definition) is 3. The van der Waals surface area contributed by atoms with Gasteiger partial charge < -0.3 is 15.4 Å². The Balaban J connectivity index is 1.19. The number of fused-ring (bicyclic) bond motifs is 1. The lowest BCUT2D eigenvalue weighted by molar-refractivity contribution is -0.126. The lowest BCUT2D eigenvalue weighted by Crippen LogP contribution is -2.50. The highest BCUT2D eigenvalue weighted by molar-refractivity contribution is 6.07. The van der Waals surface area contributed by atoms with E-state index in [9.17, 15) is 14.4 Å². The van der Waals surface area contributed by atoms with E-state index in [0.29, 0.717) is 24.5 Å². The summed E-state index contributed by atoms with van der Waals surface area (Å²) in [4.78, 5) is 41.2. The molecule has 0 unspecified atom stereocenters. The molecular formula is C26H26N4O4. The largest absolute Gasteiger partial charge is 0.489 e. The Labute approximate surface area is 197 Å². The van der Waals surface area contributed by atoms with Crippen molar-refractivity contribution in [2.45, 2.75) is 44.8 Å². The van der Waals surface area contributed by atoms with Gasteiger partial charge in [-0.15, -0.1) is 0 Å².